The molecule has 0 aliphatic carbocycles. The van der Waals surface area contributed by atoms with Gasteiger partial charge in [0, 0.05) is 29.7 Å². The summed E-state index contributed by atoms with van der Waals surface area (Å²) in [5.74, 6) is -0.249. The molecule has 2 heterocycles. The van der Waals surface area contributed by atoms with Gasteiger partial charge in [0.1, 0.15) is 17.4 Å². The van der Waals surface area contributed by atoms with Crippen LogP contribution in [-0.4, -0.2) is 24.2 Å². The van der Waals surface area contributed by atoms with Gasteiger partial charge in [0.05, 0.1) is 31.1 Å². The maximum atomic E-state index is 13.6. The topological polar surface area (TPSA) is 85.5 Å². The van der Waals surface area contributed by atoms with Gasteiger partial charge in [-0.15, -0.1) is 0 Å². The first-order valence-electron chi connectivity index (χ1n) is 10.3. The molecule has 0 saturated heterocycles. The molecule has 0 fully saturated rings. The number of nitrogens with one attached hydrogen (secondary N) is 1. The zero-order chi connectivity index (χ0) is 21.8. The third-order valence-electron chi connectivity index (χ3n) is 5.82. The Morgan fingerprint density at radius 1 is 1.30 bits per heavy atom. The van der Waals surface area contributed by atoms with Crippen LogP contribution in [0.25, 0.3) is 0 Å². The second-order valence-electron chi connectivity index (χ2n) is 7.53. The molecule has 3 N–H and O–H groups in total. The van der Waals surface area contributed by atoms with Crippen molar-refractivity contribution >= 4 is 11.6 Å². The molecule has 30 heavy (non-hydrogen) atoms. The van der Waals surface area contributed by atoms with Crippen molar-refractivity contribution in [2.75, 3.05) is 19.6 Å². The second-order valence-corrected chi connectivity index (χ2v) is 7.93. The molecule has 2 aromatic rings. The van der Waals surface area contributed by atoms with Crippen LogP contribution in [0.4, 0.5) is 0 Å². The molecule has 158 valence electrons. The minimum absolute atomic E-state index is 0.0107. The van der Waals surface area contributed by atoms with Crippen LogP contribution < -0.4 is 20.9 Å². The number of nitriles is 1. The molecule has 3 rings (SSSR count). The van der Waals surface area contributed by atoms with Crippen molar-refractivity contribution in [1.82, 2.24) is 4.57 Å². The van der Waals surface area contributed by atoms with Gasteiger partial charge in [-0.3, -0.25) is 4.79 Å². The van der Waals surface area contributed by atoms with E-state index in [1.165, 1.54) is 4.90 Å². The maximum absolute atomic E-state index is 13.6. The maximum Gasteiger partial charge on any atom is 0.258 e. The van der Waals surface area contributed by atoms with Gasteiger partial charge in [0.25, 0.3) is 5.56 Å². The van der Waals surface area contributed by atoms with E-state index < -0.39 is 5.92 Å². The number of rotatable bonds is 7. The summed E-state index contributed by atoms with van der Waals surface area (Å²) in [5.41, 5.74) is 7.97. The molecule has 1 aliphatic rings. The molecular weight excluding hydrogens is 400 g/mol. The molecule has 0 spiro atoms. The highest BCUT2D eigenvalue weighted by molar-refractivity contribution is 6.31. The van der Waals surface area contributed by atoms with E-state index in [1.54, 1.807) is 10.6 Å². The van der Waals surface area contributed by atoms with Gasteiger partial charge in [-0.1, -0.05) is 29.8 Å². The molecule has 0 unspecified atom stereocenters. The fourth-order valence-electron chi connectivity index (χ4n) is 4.08. The summed E-state index contributed by atoms with van der Waals surface area (Å²) in [7, 11) is 0. The quantitative estimate of drug-likeness (QED) is 0.710. The van der Waals surface area contributed by atoms with Crippen molar-refractivity contribution in [3.8, 4) is 11.8 Å². The number of quaternary nitrogens is 1. The zero-order valence-electron chi connectivity index (χ0n) is 17.7. The minimum atomic E-state index is -0.653. The number of aromatic nitrogens is 1. The monoisotopic (exact) mass is 427 g/mol. The number of ether oxygens (including phenoxy) is 1. The van der Waals surface area contributed by atoms with Crippen LogP contribution >= 0.6 is 11.6 Å². The summed E-state index contributed by atoms with van der Waals surface area (Å²) in [4.78, 5) is 15.1. The normalized spacial score (nSPS) is 15.7. The van der Waals surface area contributed by atoms with E-state index >= 15 is 0 Å². The van der Waals surface area contributed by atoms with Gasteiger partial charge < -0.3 is 19.9 Å². The molecule has 1 aromatic carbocycles. The molecule has 0 radical (unpaired) electrons. The van der Waals surface area contributed by atoms with E-state index in [9.17, 15) is 10.1 Å². The highest BCUT2D eigenvalue weighted by Gasteiger charge is 2.35. The lowest BCUT2D eigenvalue weighted by atomic mass is 9.84. The van der Waals surface area contributed by atoms with Crippen molar-refractivity contribution in [2.45, 2.75) is 39.7 Å². The zero-order valence-corrected chi connectivity index (χ0v) is 18.4. The van der Waals surface area contributed by atoms with E-state index in [2.05, 4.69) is 19.9 Å². The Labute approximate surface area is 182 Å². The first kappa shape index (κ1) is 21.9. The summed E-state index contributed by atoms with van der Waals surface area (Å²) >= 11 is 6.44. The number of nitrogens with zero attached hydrogens (tertiary/aromatic N) is 2. The van der Waals surface area contributed by atoms with E-state index in [4.69, 9.17) is 22.1 Å². The third-order valence-corrected chi connectivity index (χ3v) is 6.16. The molecule has 7 heteroatoms. The Balaban J connectivity index is 2.09. The third kappa shape index (κ3) is 4.09. The van der Waals surface area contributed by atoms with E-state index in [-0.39, 0.29) is 17.0 Å². The Morgan fingerprint density at radius 3 is 2.63 bits per heavy atom. The number of hydrogen-bond acceptors (Lipinski definition) is 4. The lowest BCUT2D eigenvalue weighted by molar-refractivity contribution is -0.896. The number of aryl methyl sites for hydroxylation is 1. The SMILES string of the molecule is CC[NH+](CC)CCCn1c(C)cc2c(c1=O)[C@@H](c1ccccc1Cl)C(C#N)=C(N)O2. The van der Waals surface area contributed by atoms with Crippen molar-refractivity contribution in [2.24, 2.45) is 5.73 Å². The van der Waals surface area contributed by atoms with E-state index in [0.29, 0.717) is 28.4 Å². The van der Waals surface area contributed by atoms with Crippen LogP contribution in [0.15, 0.2) is 46.6 Å². The van der Waals surface area contributed by atoms with Crippen LogP contribution in [-0.2, 0) is 6.54 Å². The van der Waals surface area contributed by atoms with Crippen molar-refractivity contribution < 1.29 is 9.64 Å². The summed E-state index contributed by atoms with van der Waals surface area (Å²) in [6.45, 7) is 9.95. The minimum Gasteiger partial charge on any atom is -0.440 e. The molecule has 0 bridgehead atoms. The fourth-order valence-corrected chi connectivity index (χ4v) is 4.32. The summed E-state index contributed by atoms with van der Waals surface area (Å²) < 4.78 is 7.46. The molecule has 1 atom stereocenters. The van der Waals surface area contributed by atoms with Crippen molar-refractivity contribution in [3.05, 3.63) is 74.0 Å². The molecule has 1 aromatic heterocycles. The number of benzene rings is 1. The standard InChI is InChI=1S/C23H27ClN4O2/c1-4-27(5-2)11-8-12-28-15(3)13-19-21(23(28)29)20(17(14-25)22(26)30-19)16-9-6-7-10-18(16)24/h6-7,9-10,13,20H,4-5,8,11-12,26H2,1-3H3/p+1/t20-/m0/s1. The lowest BCUT2D eigenvalue weighted by Crippen LogP contribution is -3.11. The van der Waals surface area contributed by atoms with Crippen molar-refractivity contribution in [3.63, 3.8) is 0 Å². The lowest BCUT2D eigenvalue weighted by Gasteiger charge is -2.28. The van der Waals surface area contributed by atoms with Crippen LogP contribution in [0.2, 0.25) is 5.02 Å². The first-order chi connectivity index (χ1) is 14.4. The largest absolute Gasteiger partial charge is 0.440 e. The number of halogens is 1. The predicted octanol–water partition coefficient (Wildman–Crippen LogP) is 2.34. The van der Waals surface area contributed by atoms with E-state index in [1.807, 2.05) is 31.2 Å². The van der Waals surface area contributed by atoms with Crippen LogP contribution in [0.3, 0.4) is 0 Å². The van der Waals surface area contributed by atoms with Gasteiger partial charge >= 0.3 is 0 Å². The molecule has 6 nitrogen and oxygen atoms in total. The van der Waals surface area contributed by atoms with Gasteiger partial charge in [-0.2, -0.15) is 5.26 Å². The smallest absolute Gasteiger partial charge is 0.258 e. The Kier molecular flexibility index (Phi) is 6.86. The summed E-state index contributed by atoms with van der Waals surface area (Å²) in [6, 6.07) is 11.2. The fraction of sp³-hybridized carbons (Fsp3) is 0.391. The molecule has 1 aliphatic heterocycles. The van der Waals surface area contributed by atoms with E-state index in [0.717, 1.165) is 31.7 Å². The number of fused-ring (bicyclic) bond motifs is 1. The summed E-state index contributed by atoms with van der Waals surface area (Å²) in [6.07, 6.45) is 0.886. The highest BCUT2D eigenvalue weighted by Crippen LogP contribution is 2.42. The predicted molar refractivity (Wildman–Crippen MR) is 118 cm³/mol. The first-order valence-corrected chi connectivity index (χ1v) is 10.7. The number of allylic oxidation sites excluding steroid dienone is 1. The van der Waals surface area contributed by atoms with Crippen LogP contribution in [0.5, 0.6) is 5.75 Å². The number of nitrogens with two attached hydrogens (primary N) is 1. The van der Waals surface area contributed by atoms with Crippen LogP contribution in [0.1, 0.15) is 43.0 Å². The Morgan fingerprint density at radius 2 is 2.00 bits per heavy atom. The molecule has 0 amide bonds. The van der Waals surface area contributed by atoms with Gasteiger partial charge in [-0.05, 0) is 32.4 Å². The average Bonchev–Trinajstić information content (AvgIpc) is 2.73. The van der Waals surface area contributed by atoms with Gasteiger partial charge in [0.2, 0.25) is 5.88 Å². The average molecular weight is 428 g/mol. The van der Waals surface area contributed by atoms with Crippen LogP contribution in [0, 0.1) is 18.3 Å². The second kappa shape index (κ2) is 9.38. The van der Waals surface area contributed by atoms with Gasteiger partial charge in [0.15, 0.2) is 0 Å². The molecular formula is C23H28ClN4O2+. The number of pyridine rings is 1. The molecule has 0 saturated carbocycles. The summed E-state index contributed by atoms with van der Waals surface area (Å²) in [5, 5.41) is 10.2. The van der Waals surface area contributed by atoms with Crippen molar-refractivity contribution in [1.29, 1.82) is 5.26 Å². The van der Waals surface area contributed by atoms with Gasteiger partial charge in [-0.25, -0.2) is 0 Å². The number of hydrogen-bond donors (Lipinski definition) is 2. The Hall–Kier alpha value is -2.75. The highest BCUT2D eigenvalue weighted by atomic mass is 35.5. The Bertz CT molecular complexity index is 1060.